The fourth-order valence-electron chi connectivity index (χ4n) is 3.46. The van der Waals surface area contributed by atoms with E-state index in [0.29, 0.717) is 16.2 Å². The van der Waals surface area contributed by atoms with Gasteiger partial charge in [0.05, 0.1) is 18.1 Å². The average molecular weight is 415 g/mol. The second kappa shape index (κ2) is 7.93. The van der Waals surface area contributed by atoms with Crippen LogP contribution in [0.4, 0.5) is 8.78 Å². The fraction of sp³-hybridized carbons (Fsp3) is 0.174. The molecule has 2 unspecified atom stereocenters. The quantitative estimate of drug-likeness (QED) is 0.600. The first kappa shape index (κ1) is 19.6. The van der Waals surface area contributed by atoms with Crippen LogP contribution in [-0.4, -0.2) is 18.4 Å². The highest BCUT2D eigenvalue weighted by atomic mass is 35.5. The summed E-state index contributed by atoms with van der Waals surface area (Å²) in [6, 6.07) is 15.8. The number of hydrogen-bond donors (Lipinski definition) is 0. The smallest absolute Gasteiger partial charge is 0.335 e. The number of hydrogen-bond acceptors (Lipinski definition) is 3. The second-order valence-corrected chi connectivity index (χ2v) is 7.25. The van der Waals surface area contributed by atoms with Crippen LogP contribution in [-0.2, 0) is 20.9 Å². The number of esters is 1. The summed E-state index contributed by atoms with van der Waals surface area (Å²) in [4.78, 5) is 12.5. The van der Waals surface area contributed by atoms with Gasteiger partial charge in [-0.15, -0.1) is 0 Å². The Balaban J connectivity index is 1.71. The van der Waals surface area contributed by atoms with E-state index in [0.717, 1.165) is 17.7 Å². The molecular weight excluding hydrogens is 398 g/mol. The SMILES string of the molecule is O=C1OCC(c2ccc(Cl)cc2)=C1C1C=CC(F)=CC1(F)OCc1ccccc1. The summed E-state index contributed by atoms with van der Waals surface area (Å²) in [5.74, 6) is -5.10. The average Bonchev–Trinajstić information content (AvgIpc) is 3.09. The Hall–Kier alpha value is -2.76. The minimum absolute atomic E-state index is 0.00109. The number of allylic oxidation sites excluding steroid dienone is 2. The van der Waals surface area contributed by atoms with E-state index in [1.54, 1.807) is 48.5 Å². The molecule has 0 bridgehead atoms. The van der Waals surface area contributed by atoms with Crippen molar-refractivity contribution in [2.45, 2.75) is 12.5 Å². The van der Waals surface area contributed by atoms with Gasteiger partial charge >= 0.3 is 5.97 Å². The van der Waals surface area contributed by atoms with Crippen molar-refractivity contribution in [1.82, 2.24) is 0 Å². The number of cyclic esters (lactones) is 1. The molecule has 0 spiro atoms. The maximum Gasteiger partial charge on any atom is 0.335 e. The number of ether oxygens (including phenoxy) is 2. The summed E-state index contributed by atoms with van der Waals surface area (Å²) >= 11 is 5.94. The molecule has 3 nitrogen and oxygen atoms in total. The molecule has 2 aliphatic rings. The third-order valence-corrected chi connectivity index (χ3v) is 5.16. The summed E-state index contributed by atoms with van der Waals surface area (Å²) in [6.07, 6.45) is 3.20. The van der Waals surface area contributed by atoms with Crippen LogP contribution in [0.3, 0.4) is 0 Å². The van der Waals surface area contributed by atoms with Crippen LogP contribution in [0.1, 0.15) is 11.1 Å². The van der Waals surface area contributed by atoms with E-state index in [-0.39, 0.29) is 18.8 Å². The van der Waals surface area contributed by atoms with Gasteiger partial charge < -0.3 is 9.47 Å². The van der Waals surface area contributed by atoms with Crippen molar-refractivity contribution in [2.75, 3.05) is 6.61 Å². The van der Waals surface area contributed by atoms with E-state index in [1.165, 1.54) is 6.08 Å². The van der Waals surface area contributed by atoms with Crippen molar-refractivity contribution in [2.24, 2.45) is 5.92 Å². The molecule has 0 aromatic heterocycles. The van der Waals surface area contributed by atoms with Crippen LogP contribution in [0.15, 0.2) is 84.2 Å². The zero-order chi connectivity index (χ0) is 20.4. The molecule has 0 saturated heterocycles. The van der Waals surface area contributed by atoms with Crippen LogP contribution in [0.2, 0.25) is 5.02 Å². The molecule has 29 heavy (non-hydrogen) atoms. The largest absolute Gasteiger partial charge is 0.457 e. The third kappa shape index (κ3) is 4.02. The van der Waals surface area contributed by atoms with Crippen LogP contribution in [0, 0.1) is 5.92 Å². The third-order valence-electron chi connectivity index (χ3n) is 4.91. The number of benzene rings is 2. The molecule has 1 heterocycles. The highest BCUT2D eigenvalue weighted by Crippen LogP contribution is 2.43. The molecule has 4 rings (SSSR count). The molecule has 2 aromatic carbocycles. The molecule has 0 saturated carbocycles. The predicted molar refractivity (Wildman–Crippen MR) is 106 cm³/mol. The van der Waals surface area contributed by atoms with Gasteiger partial charge in [-0.3, -0.25) is 0 Å². The Morgan fingerprint density at radius 3 is 2.59 bits per heavy atom. The molecular formula is C23H17ClF2O3. The summed E-state index contributed by atoms with van der Waals surface area (Å²) in [7, 11) is 0. The molecule has 2 atom stereocenters. The molecule has 0 N–H and O–H groups in total. The summed E-state index contributed by atoms with van der Waals surface area (Å²) in [5, 5.41) is 0.537. The number of alkyl halides is 1. The first-order valence-corrected chi connectivity index (χ1v) is 9.43. The Kier molecular flexibility index (Phi) is 5.35. The highest BCUT2D eigenvalue weighted by molar-refractivity contribution is 6.30. The lowest BCUT2D eigenvalue weighted by molar-refractivity contribution is -0.148. The van der Waals surface area contributed by atoms with Crippen molar-refractivity contribution in [1.29, 1.82) is 0 Å². The van der Waals surface area contributed by atoms with Gasteiger partial charge in [0.15, 0.2) is 0 Å². The topological polar surface area (TPSA) is 35.5 Å². The van der Waals surface area contributed by atoms with Crippen molar-refractivity contribution in [3.63, 3.8) is 0 Å². The molecule has 148 valence electrons. The van der Waals surface area contributed by atoms with Gasteiger partial charge in [0, 0.05) is 16.7 Å². The minimum Gasteiger partial charge on any atom is -0.457 e. The lowest BCUT2D eigenvalue weighted by atomic mass is 9.84. The van der Waals surface area contributed by atoms with Crippen molar-refractivity contribution < 1.29 is 23.0 Å². The lowest BCUT2D eigenvalue weighted by Crippen LogP contribution is -2.37. The van der Waals surface area contributed by atoms with Crippen LogP contribution >= 0.6 is 11.6 Å². The monoisotopic (exact) mass is 414 g/mol. The first-order valence-electron chi connectivity index (χ1n) is 9.06. The molecule has 0 amide bonds. The van der Waals surface area contributed by atoms with Crippen LogP contribution < -0.4 is 0 Å². The van der Waals surface area contributed by atoms with Crippen LogP contribution in [0.25, 0.3) is 5.57 Å². The van der Waals surface area contributed by atoms with E-state index >= 15 is 4.39 Å². The second-order valence-electron chi connectivity index (χ2n) is 6.81. The Labute approximate surface area is 171 Å². The molecule has 1 aliphatic heterocycles. The molecule has 1 aliphatic carbocycles. The Morgan fingerprint density at radius 2 is 1.86 bits per heavy atom. The normalized spacial score (nSPS) is 23.9. The van der Waals surface area contributed by atoms with Gasteiger partial charge in [0.1, 0.15) is 12.4 Å². The maximum absolute atomic E-state index is 15.9. The maximum atomic E-state index is 15.9. The number of halogens is 3. The number of rotatable bonds is 5. The number of carbonyl (C=O) groups excluding carboxylic acids is 1. The Morgan fingerprint density at radius 1 is 1.14 bits per heavy atom. The van der Waals surface area contributed by atoms with Gasteiger partial charge in [0.25, 0.3) is 0 Å². The van der Waals surface area contributed by atoms with Gasteiger partial charge in [-0.05, 0) is 29.3 Å². The van der Waals surface area contributed by atoms with E-state index in [1.807, 2.05) is 6.07 Å². The molecule has 2 aromatic rings. The molecule has 6 heteroatoms. The fourth-order valence-corrected chi connectivity index (χ4v) is 3.58. The summed E-state index contributed by atoms with van der Waals surface area (Å²) < 4.78 is 40.5. The Bertz CT molecular complexity index is 1010. The highest BCUT2D eigenvalue weighted by Gasteiger charge is 2.47. The van der Waals surface area contributed by atoms with E-state index in [4.69, 9.17) is 21.1 Å². The van der Waals surface area contributed by atoms with Crippen molar-refractivity contribution >= 4 is 23.1 Å². The molecule has 0 radical (unpaired) electrons. The van der Waals surface area contributed by atoms with E-state index < -0.39 is 23.6 Å². The van der Waals surface area contributed by atoms with Gasteiger partial charge in [-0.2, -0.15) is 0 Å². The zero-order valence-corrected chi connectivity index (χ0v) is 16.0. The van der Waals surface area contributed by atoms with Gasteiger partial charge in [0.2, 0.25) is 5.85 Å². The zero-order valence-electron chi connectivity index (χ0n) is 15.3. The summed E-state index contributed by atoms with van der Waals surface area (Å²) in [6.45, 7) is -0.0782. The first-order chi connectivity index (χ1) is 14.0. The minimum atomic E-state index is -2.54. The van der Waals surface area contributed by atoms with Crippen molar-refractivity contribution in [3.8, 4) is 0 Å². The van der Waals surface area contributed by atoms with E-state index in [9.17, 15) is 9.18 Å². The van der Waals surface area contributed by atoms with Crippen molar-refractivity contribution in [3.05, 3.63) is 100 Å². The van der Waals surface area contributed by atoms with Gasteiger partial charge in [-0.1, -0.05) is 60.1 Å². The standard InChI is InChI=1S/C23H17ClF2O3/c24-17-8-6-16(7-9-17)19-14-28-22(27)21(19)20-11-10-18(25)12-23(20,26)29-13-15-4-2-1-3-5-15/h1-12,20H,13-14H2. The van der Waals surface area contributed by atoms with Gasteiger partial charge in [-0.25, -0.2) is 13.6 Å². The summed E-state index contributed by atoms with van der Waals surface area (Å²) in [5.41, 5.74) is 2.06. The molecule has 0 fully saturated rings. The van der Waals surface area contributed by atoms with Crippen LogP contribution in [0.5, 0.6) is 0 Å². The lowest BCUT2D eigenvalue weighted by Gasteiger charge is -2.32. The number of carbonyl (C=O) groups is 1. The predicted octanol–water partition coefficient (Wildman–Crippen LogP) is 5.57. The van der Waals surface area contributed by atoms with E-state index in [2.05, 4.69) is 0 Å².